The first-order valence-electron chi connectivity index (χ1n) is 15.8. The Morgan fingerprint density at radius 2 is 1.62 bits per heavy atom. The van der Waals surface area contributed by atoms with E-state index in [4.69, 9.17) is 9.47 Å². The Kier molecular flexibility index (Phi) is 8.87. The molecule has 0 bridgehead atoms. The van der Waals surface area contributed by atoms with Gasteiger partial charge in [-0.05, 0) is 110 Å². The van der Waals surface area contributed by atoms with Crippen molar-refractivity contribution in [1.82, 2.24) is 0 Å². The molecule has 3 aliphatic rings. The van der Waals surface area contributed by atoms with Gasteiger partial charge < -0.3 is 24.4 Å². The Labute approximate surface area is 250 Å². The molecular formula is C36H44N2O4. The second-order valence-corrected chi connectivity index (χ2v) is 12.3. The van der Waals surface area contributed by atoms with Crippen molar-refractivity contribution in [3.63, 3.8) is 0 Å². The Bertz CT molecular complexity index is 1340. The lowest BCUT2D eigenvalue weighted by Gasteiger charge is -2.35. The van der Waals surface area contributed by atoms with Crippen molar-refractivity contribution in [2.75, 3.05) is 49.7 Å². The molecule has 3 aromatic carbocycles. The monoisotopic (exact) mass is 568 g/mol. The molecule has 0 amide bonds. The van der Waals surface area contributed by atoms with Gasteiger partial charge in [0.1, 0.15) is 11.5 Å². The summed E-state index contributed by atoms with van der Waals surface area (Å²) in [5.74, 6) is 2.09. The van der Waals surface area contributed by atoms with Gasteiger partial charge >= 0.3 is 5.97 Å². The largest absolute Gasteiger partial charge is 0.497 e. The maximum atomic E-state index is 11.4. The van der Waals surface area contributed by atoms with Crippen LogP contribution in [0.5, 0.6) is 11.5 Å². The Hall–Kier alpha value is -3.67. The Balaban J connectivity index is 1.09. The van der Waals surface area contributed by atoms with Gasteiger partial charge in [-0.3, -0.25) is 4.79 Å². The average Bonchev–Trinajstić information content (AvgIpc) is 3.89. The fraction of sp³-hybridized carbons (Fsp3) is 0.472. The third kappa shape index (κ3) is 6.86. The molecule has 1 aliphatic carbocycles. The number of hydrogen-bond donors (Lipinski definition) is 1. The summed E-state index contributed by atoms with van der Waals surface area (Å²) in [6, 6.07) is 23.7. The number of hydrogen-bond acceptors (Lipinski definition) is 5. The molecule has 0 radical (unpaired) electrons. The molecule has 222 valence electrons. The molecule has 6 nitrogen and oxygen atoms in total. The lowest BCUT2D eigenvalue weighted by atomic mass is 9.91. The van der Waals surface area contributed by atoms with Crippen molar-refractivity contribution in [3.05, 3.63) is 72.3 Å². The maximum Gasteiger partial charge on any atom is 0.303 e. The molecule has 6 rings (SSSR count). The number of carboxylic acids is 1. The van der Waals surface area contributed by atoms with Gasteiger partial charge in [0.25, 0.3) is 0 Å². The topological polar surface area (TPSA) is 62.2 Å². The minimum atomic E-state index is -0.723. The first-order chi connectivity index (χ1) is 20.6. The molecule has 1 atom stereocenters. The van der Waals surface area contributed by atoms with Gasteiger partial charge in [-0.25, -0.2) is 0 Å². The number of carboxylic acid groups (broad SMARTS) is 1. The number of piperidine rings is 2. The van der Waals surface area contributed by atoms with E-state index >= 15 is 0 Å². The summed E-state index contributed by atoms with van der Waals surface area (Å²) in [5.41, 5.74) is 6.15. The van der Waals surface area contributed by atoms with E-state index in [0.717, 1.165) is 68.9 Å². The van der Waals surface area contributed by atoms with E-state index in [1.165, 1.54) is 41.8 Å². The standard InChI is InChI=1S/C36H44N2O4/c1-41-31-14-15-33(27-10-12-30(13-11-27)37-18-3-2-4-19-37)35(23-31)38-20-16-26(17-21-38)25-42-32-7-5-6-29(22-32)34(24-36(39)40)28-8-9-28/h5-7,10-15,22-23,26,28,34H,2-4,8-9,16-21,24-25H2,1H3,(H,39,40)/t34-/m0/s1. The van der Waals surface area contributed by atoms with Crippen LogP contribution in [-0.4, -0.2) is 51.0 Å². The summed E-state index contributed by atoms with van der Waals surface area (Å²) in [6.07, 6.45) is 8.48. The third-order valence-electron chi connectivity index (χ3n) is 9.42. The van der Waals surface area contributed by atoms with Gasteiger partial charge in [0, 0.05) is 49.2 Å². The molecule has 42 heavy (non-hydrogen) atoms. The highest BCUT2D eigenvalue weighted by atomic mass is 16.5. The van der Waals surface area contributed by atoms with Crippen molar-refractivity contribution in [1.29, 1.82) is 0 Å². The van der Waals surface area contributed by atoms with Gasteiger partial charge in [0.05, 0.1) is 20.1 Å². The van der Waals surface area contributed by atoms with E-state index in [9.17, 15) is 9.90 Å². The minimum Gasteiger partial charge on any atom is -0.497 e. The molecule has 2 heterocycles. The van der Waals surface area contributed by atoms with Crippen LogP contribution in [0.4, 0.5) is 11.4 Å². The SMILES string of the molecule is COc1ccc(-c2ccc(N3CCCCC3)cc2)c(N2CCC(COc3cccc([C@@H](CC(=O)O)C4CC4)c3)CC2)c1. The molecule has 0 unspecified atom stereocenters. The number of nitrogens with zero attached hydrogens (tertiary/aromatic N) is 2. The second kappa shape index (κ2) is 13.1. The van der Waals surface area contributed by atoms with Gasteiger partial charge in [-0.15, -0.1) is 0 Å². The van der Waals surface area contributed by atoms with Crippen molar-refractivity contribution < 1.29 is 19.4 Å². The molecule has 3 aromatic rings. The van der Waals surface area contributed by atoms with E-state index in [1.54, 1.807) is 7.11 Å². The molecule has 1 saturated carbocycles. The molecule has 1 N–H and O–H groups in total. The summed E-state index contributed by atoms with van der Waals surface area (Å²) >= 11 is 0. The lowest BCUT2D eigenvalue weighted by molar-refractivity contribution is -0.137. The fourth-order valence-electron chi connectivity index (χ4n) is 6.78. The minimum absolute atomic E-state index is 0.0901. The Morgan fingerprint density at radius 1 is 0.857 bits per heavy atom. The molecule has 0 spiro atoms. The van der Waals surface area contributed by atoms with Crippen LogP contribution in [0.15, 0.2) is 66.7 Å². The van der Waals surface area contributed by atoms with E-state index in [0.29, 0.717) is 18.4 Å². The number of aliphatic carboxylic acids is 1. The highest BCUT2D eigenvalue weighted by molar-refractivity contribution is 5.81. The van der Waals surface area contributed by atoms with Crippen molar-refractivity contribution >= 4 is 17.3 Å². The molecular weight excluding hydrogens is 524 g/mol. The van der Waals surface area contributed by atoms with Crippen LogP contribution < -0.4 is 19.3 Å². The predicted octanol–water partition coefficient (Wildman–Crippen LogP) is 7.62. The molecule has 2 aliphatic heterocycles. The number of carbonyl (C=O) groups is 1. The normalized spacial score (nSPS) is 18.5. The molecule has 2 saturated heterocycles. The average molecular weight is 569 g/mol. The fourth-order valence-corrected chi connectivity index (χ4v) is 6.78. The zero-order chi connectivity index (χ0) is 28.9. The predicted molar refractivity (Wildman–Crippen MR) is 169 cm³/mol. The van der Waals surface area contributed by atoms with Crippen LogP contribution in [0, 0.1) is 11.8 Å². The van der Waals surface area contributed by atoms with Gasteiger partial charge in [-0.1, -0.05) is 24.3 Å². The van der Waals surface area contributed by atoms with E-state index in [1.807, 2.05) is 12.1 Å². The maximum absolute atomic E-state index is 11.4. The van der Waals surface area contributed by atoms with Gasteiger partial charge in [0.2, 0.25) is 0 Å². The summed E-state index contributed by atoms with van der Waals surface area (Å²) in [5, 5.41) is 9.40. The zero-order valence-corrected chi connectivity index (χ0v) is 24.8. The van der Waals surface area contributed by atoms with Gasteiger partial charge in [-0.2, -0.15) is 0 Å². The molecule has 0 aromatic heterocycles. The Morgan fingerprint density at radius 3 is 2.31 bits per heavy atom. The quantitative estimate of drug-likeness (QED) is 0.257. The number of anilines is 2. The van der Waals surface area contributed by atoms with Crippen LogP contribution >= 0.6 is 0 Å². The molecule has 3 fully saturated rings. The third-order valence-corrected chi connectivity index (χ3v) is 9.42. The van der Waals surface area contributed by atoms with Crippen LogP contribution in [0.25, 0.3) is 11.1 Å². The zero-order valence-electron chi connectivity index (χ0n) is 24.8. The number of methoxy groups -OCH3 is 1. The number of rotatable bonds is 11. The number of benzene rings is 3. The summed E-state index contributed by atoms with van der Waals surface area (Å²) in [4.78, 5) is 16.4. The van der Waals surface area contributed by atoms with E-state index < -0.39 is 5.97 Å². The lowest BCUT2D eigenvalue weighted by Crippen LogP contribution is -2.35. The highest BCUT2D eigenvalue weighted by Gasteiger charge is 2.34. The van der Waals surface area contributed by atoms with Crippen LogP contribution in [-0.2, 0) is 4.79 Å². The van der Waals surface area contributed by atoms with Crippen LogP contribution in [0.1, 0.15) is 62.8 Å². The second-order valence-electron chi connectivity index (χ2n) is 12.3. The first kappa shape index (κ1) is 28.4. The summed E-state index contributed by atoms with van der Waals surface area (Å²) in [6.45, 7) is 4.95. The van der Waals surface area contributed by atoms with Crippen LogP contribution in [0.2, 0.25) is 0 Å². The van der Waals surface area contributed by atoms with E-state index in [-0.39, 0.29) is 12.3 Å². The van der Waals surface area contributed by atoms with Gasteiger partial charge in [0.15, 0.2) is 0 Å². The number of ether oxygens (including phenoxy) is 2. The summed E-state index contributed by atoms with van der Waals surface area (Å²) in [7, 11) is 1.74. The first-order valence-corrected chi connectivity index (χ1v) is 15.8. The van der Waals surface area contributed by atoms with Crippen molar-refractivity contribution in [2.24, 2.45) is 11.8 Å². The summed E-state index contributed by atoms with van der Waals surface area (Å²) < 4.78 is 11.9. The molecule has 6 heteroatoms. The smallest absolute Gasteiger partial charge is 0.303 e. The van der Waals surface area contributed by atoms with Crippen molar-refractivity contribution in [2.45, 2.75) is 57.3 Å². The van der Waals surface area contributed by atoms with E-state index in [2.05, 4.69) is 64.4 Å². The van der Waals surface area contributed by atoms with Crippen LogP contribution in [0.3, 0.4) is 0 Å². The highest BCUT2D eigenvalue weighted by Crippen LogP contribution is 2.45. The van der Waals surface area contributed by atoms with Crippen molar-refractivity contribution in [3.8, 4) is 22.6 Å².